The minimum absolute atomic E-state index is 0.0289. The highest BCUT2D eigenvalue weighted by Crippen LogP contribution is 2.17. The van der Waals surface area contributed by atoms with Gasteiger partial charge in [0.25, 0.3) is 5.91 Å². The van der Waals surface area contributed by atoms with Crippen molar-refractivity contribution in [3.05, 3.63) is 11.9 Å². The molecule has 2 saturated heterocycles. The average Bonchev–Trinajstić information content (AvgIpc) is 2.97. The summed E-state index contributed by atoms with van der Waals surface area (Å²) in [5.74, 6) is -0.174. The number of amides is 1. The zero-order chi connectivity index (χ0) is 14.9. The number of rotatable bonds is 2. The van der Waals surface area contributed by atoms with Crippen LogP contribution in [0.2, 0.25) is 0 Å². The van der Waals surface area contributed by atoms with Crippen LogP contribution in [-0.2, 0) is 9.84 Å². The number of nitrogens with one attached hydrogen (secondary N) is 1. The van der Waals surface area contributed by atoms with Crippen molar-refractivity contribution >= 4 is 15.7 Å². The summed E-state index contributed by atoms with van der Waals surface area (Å²) in [7, 11) is -2.99. The van der Waals surface area contributed by atoms with E-state index in [0.717, 1.165) is 25.9 Å². The molecule has 0 bridgehead atoms. The maximum absolute atomic E-state index is 12.3. The first-order chi connectivity index (χ1) is 10.1. The fourth-order valence-corrected chi connectivity index (χ4v) is 3.90. The Balaban J connectivity index is 1.67. The second-order valence-electron chi connectivity index (χ2n) is 5.51. The molecule has 3 heterocycles. The van der Waals surface area contributed by atoms with E-state index in [4.69, 9.17) is 0 Å². The Morgan fingerprint density at radius 1 is 1.24 bits per heavy atom. The predicted molar refractivity (Wildman–Crippen MR) is 75.7 cm³/mol. The highest BCUT2D eigenvalue weighted by Gasteiger charge is 2.27. The number of hydrogen-bond donors (Lipinski definition) is 1. The topological polar surface area (TPSA) is 97.2 Å². The molecule has 1 aromatic heterocycles. The van der Waals surface area contributed by atoms with E-state index < -0.39 is 9.84 Å². The molecule has 9 heteroatoms. The molecule has 0 radical (unpaired) electrons. The predicted octanol–water partition coefficient (Wildman–Crippen LogP) is -0.927. The highest BCUT2D eigenvalue weighted by atomic mass is 32.2. The van der Waals surface area contributed by atoms with E-state index in [1.54, 1.807) is 10.9 Å². The minimum atomic E-state index is -2.99. The second kappa shape index (κ2) is 5.72. The Kier molecular flexibility index (Phi) is 3.94. The SMILES string of the molecule is O=C(c1cn(C2CCNCC2)nn1)N1CCS(=O)(=O)CC1. The van der Waals surface area contributed by atoms with Gasteiger partial charge in [-0.05, 0) is 25.9 Å². The van der Waals surface area contributed by atoms with Gasteiger partial charge in [-0.3, -0.25) is 4.79 Å². The number of hydrogen-bond acceptors (Lipinski definition) is 6. The van der Waals surface area contributed by atoms with Gasteiger partial charge in [0.15, 0.2) is 15.5 Å². The molecule has 0 aromatic carbocycles. The molecule has 1 aromatic rings. The molecule has 1 amide bonds. The molecular formula is C12H19N5O3S. The Hall–Kier alpha value is -1.48. The number of carbonyl (C=O) groups excluding carboxylic acids is 1. The first-order valence-corrected chi connectivity index (χ1v) is 8.99. The first kappa shape index (κ1) is 14.5. The largest absolute Gasteiger partial charge is 0.335 e. The monoisotopic (exact) mass is 313 g/mol. The van der Waals surface area contributed by atoms with Gasteiger partial charge in [-0.2, -0.15) is 0 Å². The number of carbonyl (C=O) groups is 1. The second-order valence-corrected chi connectivity index (χ2v) is 7.81. The summed E-state index contributed by atoms with van der Waals surface area (Å²) in [6, 6.07) is 0.280. The summed E-state index contributed by atoms with van der Waals surface area (Å²) < 4.78 is 24.5. The van der Waals surface area contributed by atoms with E-state index in [2.05, 4.69) is 15.6 Å². The fraction of sp³-hybridized carbons (Fsp3) is 0.750. The number of aromatic nitrogens is 3. The molecule has 0 saturated carbocycles. The first-order valence-electron chi connectivity index (χ1n) is 7.17. The molecule has 2 fully saturated rings. The number of piperidine rings is 1. The van der Waals surface area contributed by atoms with Crippen LogP contribution in [0, 0.1) is 0 Å². The van der Waals surface area contributed by atoms with E-state index in [9.17, 15) is 13.2 Å². The molecule has 116 valence electrons. The van der Waals surface area contributed by atoms with Crippen LogP contribution >= 0.6 is 0 Å². The van der Waals surface area contributed by atoms with E-state index in [0.29, 0.717) is 5.69 Å². The van der Waals surface area contributed by atoms with Crippen molar-refractivity contribution < 1.29 is 13.2 Å². The molecule has 2 aliphatic rings. The Morgan fingerprint density at radius 3 is 2.57 bits per heavy atom. The normalized spacial score (nSPS) is 23.1. The quantitative estimate of drug-likeness (QED) is 0.758. The summed E-state index contributed by atoms with van der Waals surface area (Å²) >= 11 is 0. The van der Waals surface area contributed by atoms with Crippen LogP contribution in [0.25, 0.3) is 0 Å². The van der Waals surface area contributed by atoms with Crippen LogP contribution in [0.1, 0.15) is 29.4 Å². The van der Waals surface area contributed by atoms with Crippen molar-refractivity contribution in [2.45, 2.75) is 18.9 Å². The summed E-state index contributed by atoms with van der Waals surface area (Å²) in [5, 5.41) is 11.3. The molecule has 0 atom stereocenters. The van der Waals surface area contributed by atoms with Gasteiger partial charge in [-0.1, -0.05) is 5.21 Å². The maximum Gasteiger partial charge on any atom is 0.276 e. The van der Waals surface area contributed by atoms with E-state index >= 15 is 0 Å². The van der Waals surface area contributed by atoms with Crippen molar-refractivity contribution in [3.8, 4) is 0 Å². The van der Waals surface area contributed by atoms with Gasteiger partial charge < -0.3 is 10.2 Å². The van der Waals surface area contributed by atoms with Gasteiger partial charge in [0.1, 0.15) is 0 Å². The average molecular weight is 313 g/mol. The zero-order valence-corrected chi connectivity index (χ0v) is 12.5. The van der Waals surface area contributed by atoms with Crippen LogP contribution in [-0.4, -0.2) is 71.9 Å². The van der Waals surface area contributed by atoms with E-state index in [-0.39, 0.29) is 36.5 Å². The highest BCUT2D eigenvalue weighted by molar-refractivity contribution is 7.91. The summed E-state index contributed by atoms with van der Waals surface area (Å²) in [4.78, 5) is 13.8. The van der Waals surface area contributed by atoms with Gasteiger partial charge in [-0.15, -0.1) is 5.10 Å². The minimum Gasteiger partial charge on any atom is -0.335 e. The van der Waals surface area contributed by atoms with Crippen LogP contribution in [0.4, 0.5) is 0 Å². The Bertz CT molecular complexity index is 607. The zero-order valence-electron chi connectivity index (χ0n) is 11.7. The van der Waals surface area contributed by atoms with Gasteiger partial charge in [-0.25, -0.2) is 13.1 Å². The Labute approximate surface area is 123 Å². The van der Waals surface area contributed by atoms with Crippen molar-refractivity contribution in [3.63, 3.8) is 0 Å². The molecular weight excluding hydrogens is 294 g/mol. The Morgan fingerprint density at radius 2 is 1.90 bits per heavy atom. The third-order valence-electron chi connectivity index (χ3n) is 4.04. The lowest BCUT2D eigenvalue weighted by Crippen LogP contribution is -2.43. The summed E-state index contributed by atoms with van der Waals surface area (Å²) in [6.07, 6.45) is 3.62. The van der Waals surface area contributed by atoms with Crippen LogP contribution < -0.4 is 5.32 Å². The van der Waals surface area contributed by atoms with Crippen molar-refractivity contribution in [2.24, 2.45) is 0 Å². The van der Waals surface area contributed by atoms with Gasteiger partial charge in [0.05, 0.1) is 23.7 Å². The summed E-state index contributed by atoms with van der Waals surface area (Å²) in [6.45, 7) is 2.36. The standard InChI is InChI=1S/C12H19N5O3S/c18-12(16-5-7-21(19,20)8-6-16)11-9-17(15-14-11)10-1-3-13-4-2-10/h9-10,13H,1-8H2. The van der Waals surface area contributed by atoms with Gasteiger partial charge in [0.2, 0.25) is 0 Å². The lowest BCUT2D eigenvalue weighted by Gasteiger charge is -2.25. The lowest BCUT2D eigenvalue weighted by atomic mass is 10.1. The maximum atomic E-state index is 12.3. The van der Waals surface area contributed by atoms with Gasteiger partial charge >= 0.3 is 0 Å². The van der Waals surface area contributed by atoms with Crippen LogP contribution in [0.15, 0.2) is 6.20 Å². The van der Waals surface area contributed by atoms with E-state index in [1.807, 2.05) is 0 Å². The third-order valence-corrected chi connectivity index (χ3v) is 5.65. The lowest BCUT2D eigenvalue weighted by molar-refractivity contribution is 0.0764. The van der Waals surface area contributed by atoms with E-state index in [1.165, 1.54) is 4.90 Å². The van der Waals surface area contributed by atoms with Crippen molar-refractivity contribution in [2.75, 3.05) is 37.7 Å². The van der Waals surface area contributed by atoms with Crippen molar-refractivity contribution in [1.29, 1.82) is 0 Å². The summed E-state index contributed by atoms with van der Waals surface area (Å²) in [5.41, 5.74) is 0.299. The molecule has 0 spiro atoms. The molecule has 8 nitrogen and oxygen atoms in total. The van der Waals surface area contributed by atoms with Crippen molar-refractivity contribution in [1.82, 2.24) is 25.2 Å². The number of sulfone groups is 1. The molecule has 1 N–H and O–H groups in total. The van der Waals surface area contributed by atoms with Crippen LogP contribution in [0.3, 0.4) is 0 Å². The molecule has 3 rings (SSSR count). The molecule has 2 aliphatic heterocycles. The molecule has 0 aliphatic carbocycles. The smallest absolute Gasteiger partial charge is 0.276 e. The third kappa shape index (κ3) is 3.24. The number of nitrogens with zero attached hydrogens (tertiary/aromatic N) is 4. The fourth-order valence-electron chi connectivity index (χ4n) is 2.70. The van der Waals surface area contributed by atoms with Gasteiger partial charge in [0, 0.05) is 13.1 Å². The molecule has 0 unspecified atom stereocenters. The van der Waals surface area contributed by atoms with Crippen LogP contribution in [0.5, 0.6) is 0 Å². The molecule has 21 heavy (non-hydrogen) atoms.